The number of likely N-dealkylation sites (tertiary alicyclic amines) is 2. The minimum absolute atomic E-state index is 0.00312. The Kier molecular flexibility index (Phi) is 39.1. The molecule has 4 aliphatic rings. The van der Waals surface area contributed by atoms with E-state index in [1.165, 1.54) is 82.2 Å². The van der Waals surface area contributed by atoms with Crippen LogP contribution in [0.2, 0.25) is 0 Å². The number of rotatable bonds is 24. The average molecular weight is 2100 g/mol. The molecule has 28 nitrogen and oxygen atoms in total. The van der Waals surface area contributed by atoms with Crippen molar-refractivity contribution < 1.29 is 86.6 Å². The normalized spacial score (nSPS) is 17.9. The Balaban J connectivity index is 0.000000188. The Morgan fingerprint density at radius 1 is 0.504 bits per heavy atom. The summed E-state index contributed by atoms with van der Waals surface area (Å²) in [6.45, 7) is 35.9. The van der Waals surface area contributed by atoms with Crippen molar-refractivity contribution in [3.8, 4) is 0 Å². The topological polar surface area (TPSA) is 375 Å². The lowest BCUT2D eigenvalue weighted by molar-refractivity contribution is -0.112. The summed E-state index contributed by atoms with van der Waals surface area (Å²) in [5.41, 5.74) is 6.02. The molecule has 8 aromatic heterocycles. The van der Waals surface area contributed by atoms with Gasteiger partial charge in [0.2, 0.25) is 41.3 Å². The molecule has 4 amide bonds. The van der Waals surface area contributed by atoms with Crippen molar-refractivity contribution in [3.63, 3.8) is 0 Å². The van der Waals surface area contributed by atoms with E-state index < -0.39 is 78.9 Å². The Morgan fingerprint density at radius 3 is 1.24 bits per heavy atom. The van der Waals surface area contributed by atoms with Gasteiger partial charge in [-0.1, -0.05) is 130 Å². The van der Waals surface area contributed by atoms with Crippen LogP contribution in [0, 0.1) is 0 Å². The number of anilines is 5. The lowest BCUT2D eigenvalue weighted by atomic mass is 9.92. The summed E-state index contributed by atoms with van der Waals surface area (Å²) in [5.74, 6) is -4.69. The van der Waals surface area contributed by atoms with E-state index in [9.17, 15) is 59.1 Å². The highest BCUT2D eigenvalue weighted by Crippen LogP contribution is 2.41. The molecule has 135 heavy (non-hydrogen) atoms. The molecule has 2 aromatic carbocycles. The van der Waals surface area contributed by atoms with E-state index in [0.717, 1.165) is 83.8 Å². The summed E-state index contributed by atoms with van der Waals surface area (Å²) in [4.78, 5) is 93.7. The van der Waals surface area contributed by atoms with E-state index in [2.05, 4.69) is 184 Å². The van der Waals surface area contributed by atoms with Gasteiger partial charge in [-0.3, -0.25) is 14.4 Å². The van der Waals surface area contributed by atoms with Gasteiger partial charge in [0, 0.05) is 108 Å². The molecule has 0 radical (unpaired) electrons. The SMILES string of the molecule is C=CC(=O)Nc1ccc(C(=O)N2CC(Nc3ncc(SCc4ncc(C(C)(C)C)o4)s3)CC(F)(F)C2)cc1.C=CC(=O)Nc1ccc(C(=O)O)cc1.CC(C)(C)OC(=O)N1CC(N)CC(F)(F)C1.CC(C)(C)c1cnc(CSc2cnc(Br)s2)o1.CC(C)(C)c1cnc(CSc2cnc(NC3CCCC(F)(F)C3)s2)o1.CC(C)(C)c1cnc(CSc2cnc(NC3CNCC(F)(F)C3)s2)o1. The molecular formula is C90H114BrF8N17O11S8. The van der Waals surface area contributed by atoms with Crippen LogP contribution in [0.1, 0.15) is 216 Å². The van der Waals surface area contributed by atoms with Gasteiger partial charge in [0.05, 0.1) is 121 Å². The predicted molar refractivity (Wildman–Crippen MR) is 522 cm³/mol. The van der Waals surface area contributed by atoms with Crippen LogP contribution in [0.15, 0.2) is 162 Å². The molecular weight excluding hydrogens is 1980 g/mol. The molecule has 0 bridgehead atoms. The van der Waals surface area contributed by atoms with Crippen molar-refractivity contribution in [1.82, 2.24) is 55.0 Å². The smallest absolute Gasteiger partial charge is 0.410 e. The number of nitrogens with zero attached hydrogens (tertiary/aromatic N) is 10. The van der Waals surface area contributed by atoms with Crippen LogP contribution in [0.25, 0.3) is 0 Å². The molecule has 4 unspecified atom stereocenters. The number of carboxylic acids is 1. The number of nitrogens with one attached hydrogen (secondary N) is 6. The zero-order valence-electron chi connectivity index (χ0n) is 77.4. The Morgan fingerprint density at radius 2 is 0.874 bits per heavy atom. The first-order chi connectivity index (χ1) is 63.0. The van der Waals surface area contributed by atoms with Crippen LogP contribution in [0.3, 0.4) is 0 Å². The van der Waals surface area contributed by atoms with E-state index in [1.807, 2.05) is 12.4 Å². The number of benzene rings is 2. The molecule has 9 N–H and O–H groups in total. The van der Waals surface area contributed by atoms with Crippen LogP contribution >= 0.6 is 108 Å². The highest BCUT2D eigenvalue weighted by molar-refractivity contribution is 9.11. The highest BCUT2D eigenvalue weighted by Gasteiger charge is 2.45. The number of hydrogen-bond donors (Lipinski definition) is 8. The van der Waals surface area contributed by atoms with Crippen molar-refractivity contribution in [1.29, 1.82) is 0 Å². The number of piperidine rings is 3. The van der Waals surface area contributed by atoms with Gasteiger partial charge in [-0.2, -0.15) is 0 Å². The maximum atomic E-state index is 14.6. The van der Waals surface area contributed by atoms with Crippen LogP contribution in [0.5, 0.6) is 0 Å². The predicted octanol–water partition coefficient (Wildman–Crippen LogP) is 23.2. The first kappa shape index (κ1) is 110. The molecule has 736 valence electrons. The number of thiazole rings is 4. The molecule has 1 saturated carbocycles. The number of thioether (sulfide) groups is 4. The third-order valence-electron chi connectivity index (χ3n) is 19.3. The summed E-state index contributed by atoms with van der Waals surface area (Å²) >= 11 is 15.6. The minimum atomic E-state index is -3.05. The second-order valence-corrected chi connectivity index (χ2v) is 47.5. The minimum Gasteiger partial charge on any atom is -0.478 e. The van der Waals surface area contributed by atoms with E-state index >= 15 is 0 Å². The molecule has 11 heterocycles. The molecule has 3 aliphatic heterocycles. The van der Waals surface area contributed by atoms with Crippen LogP contribution < -0.4 is 37.6 Å². The zero-order chi connectivity index (χ0) is 99.2. The van der Waals surface area contributed by atoms with Gasteiger partial charge in [0.15, 0.2) is 19.3 Å². The first-order valence-corrected chi connectivity index (χ1v) is 50.7. The Bertz CT molecular complexity index is 5400. The molecule has 0 spiro atoms. The van der Waals surface area contributed by atoms with E-state index in [1.54, 1.807) is 117 Å². The maximum Gasteiger partial charge on any atom is 0.410 e. The van der Waals surface area contributed by atoms with Crippen molar-refractivity contribution in [2.45, 2.75) is 264 Å². The average Bonchev–Trinajstić information content (AvgIpc) is 1.69. The van der Waals surface area contributed by atoms with Crippen LogP contribution in [-0.2, 0) is 59.0 Å². The number of aromatic nitrogens is 8. The van der Waals surface area contributed by atoms with E-state index in [0.29, 0.717) is 74.7 Å². The fourth-order valence-electron chi connectivity index (χ4n) is 12.7. The molecule has 45 heteroatoms. The first-order valence-electron chi connectivity index (χ1n) is 42.7. The van der Waals surface area contributed by atoms with Crippen molar-refractivity contribution in [2.24, 2.45) is 5.73 Å². The molecule has 3 saturated heterocycles. The van der Waals surface area contributed by atoms with Gasteiger partial charge < -0.3 is 74.9 Å². The standard InChI is InChI=1S/C26H29F2N5O3S2.C17H23F2N3OS2.C16H22F2N4OS2.C11H13BrN2OS2.C10H18F2N2O2.C10H9NO3/c1-5-20(34)31-17-8-6-16(7-9-17)23(35)33-13-18(10-26(27,28)15-33)32-24-30-12-22(38-24)37-14-21-29-11-19(36-21)25(2,3)4;1-16(2,3)12-8-20-13(23-12)10-24-14-9-21-15(25-14)22-11-5-4-6-17(18,19)7-11;1-15(2,3)11-6-20-12(23-11)8-24-13-7-21-14(25-13)22-10-4-16(17,18)9-19-5-10;1-11(2,3)7-4-13-8(15-7)6-16-9-5-14-10(12)17-9;1-9(2,3)16-8(15)14-5-7(13)4-10(11,12)6-14;1-2-9(12)11-8-5-3-7(4-6-8)10(13)14/h5-9,11-12,18H,1,10,13-15H2,2-4H3,(H,30,32)(H,31,34);8-9,11H,4-7,10H2,1-3H3,(H,21,22);6-7,10,19H,4-5,8-9H2,1-3H3,(H,21,22);4-5H,6H2,1-3H3;7H,4-6,13H2,1-3H3;2-6H,1H2,(H,11,12)(H,13,14). The van der Waals surface area contributed by atoms with E-state index in [4.69, 9.17) is 33.2 Å². The summed E-state index contributed by atoms with van der Waals surface area (Å²) in [6.07, 6.45) is 15.9. The number of amides is 4. The number of alkyl halides is 8. The third-order valence-corrected chi connectivity index (χ3v) is 28.3. The van der Waals surface area contributed by atoms with Gasteiger partial charge in [-0.05, 0) is 110 Å². The summed E-state index contributed by atoms with van der Waals surface area (Å²) in [5, 5.41) is 27.6. The zero-order valence-corrected chi connectivity index (χ0v) is 85.5. The monoisotopic (exact) mass is 2100 g/mol. The number of halogens is 9. The molecule has 1 aliphatic carbocycles. The second-order valence-electron chi connectivity index (χ2n) is 37.0. The van der Waals surface area contributed by atoms with Crippen LogP contribution in [-0.4, -0.2) is 177 Å². The number of oxazole rings is 4. The summed E-state index contributed by atoms with van der Waals surface area (Å²) < 4.78 is 142. The molecule has 10 aromatic rings. The largest absolute Gasteiger partial charge is 0.478 e. The van der Waals surface area contributed by atoms with Gasteiger partial charge in [-0.25, -0.2) is 84.6 Å². The number of carbonyl (C=O) groups excluding carboxylic acids is 4. The Labute approximate surface area is 820 Å². The van der Waals surface area contributed by atoms with Crippen molar-refractivity contribution in [2.75, 3.05) is 65.9 Å². The molecule has 4 atom stereocenters. The van der Waals surface area contributed by atoms with E-state index in [-0.39, 0.29) is 102 Å². The number of carboxylic acid groups (broad SMARTS) is 1. The third kappa shape index (κ3) is 37.7. The van der Waals surface area contributed by atoms with Crippen molar-refractivity contribution >= 4 is 165 Å². The lowest BCUT2D eigenvalue weighted by Crippen LogP contribution is -2.55. The second kappa shape index (κ2) is 48.1. The van der Waals surface area contributed by atoms with Crippen molar-refractivity contribution in [3.05, 3.63) is 185 Å². The fourth-order valence-corrected chi connectivity index (χ4v) is 20.6. The van der Waals surface area contributed by atoms with Gasteiger partial charge in [-0.15, -0.1) is 58.4 Å². The summed E-state index contributed by atoms with van der Waals surface area (Å²) in [6, 6.07) is 10.1. The van der Waals surface area contributed by atoms with Gasteiger partial charge >= 0.3 is 12.1 Å². The maximum absolute atomic E-state index is 14.6. The number of carbonyl (C=O) groups is 5. The molecule has 4 fully saturated rings. The number of aromatic carboxylic acids is 1. The van der Waals surface area contributed by atoms with Crippen LogP contribution in [0.4, 0.5) is 66.7 Å². The van der Waals surface area contributed by atoms with Gasteiger partial charge in [0.1, 0.15) is 28.6 Å². The number of ether oxygens (including phenoxy) is 1. The number of nitrogens with two attached hydrogens (primary N) is 1. The lowest BCUT2D eigenvalue weighted by Gasteiger charge is -2.37. The fraction of sp³-hybridized carbons (Fsp3) is 0.500. The quantitative estimate of drug-likeness (QED) is 0.0158. The Hall–Kier alpha value is -8.93. The number of hydrogen-bond acceptors (Lipinski definition) is 31. The molecule has 14 rings (SSSR count). The highest BCUT2D eigenvalue weighted by atomic mass is 79.9. The van der Waals surface area contributed by atoms with Gasteiger partial charge in [0.25, 0.3) is 23.7 Å². The summed E-state index contributed by atoms with van der Waals surface area (Å²) in [7, 11) is 0.